The number of likely N-dealkylation sites (N-methyl/N-ethyl adjacent to an activating group) is 1. The Kier molecular flexibility index (Phi) is 4.52. The summed E-state index contributed by atoms with van der Waals surface area (Å²) in [6.45, 7) is 4.07. The fraction of sp³-hybridized carbons (Fsp3) is 0.857. The van der Waals surface area contributed by atoms with E-state index in [1.165, 1.54) is 0 Å². The summed E-state index contributed by atoms with van der Waals surface area (Å²) in [5.74, 6) is -1.21. The monoisotopic (exact) mass is 283 g/mol. The third-order valence-electron chi connectivity index (χ3n) is 4.52. The van der Waals surface area contributed by atoms with Crippen LogP contribution >= 0.6 is 0 Å². The van der Waals surface area contributed by atoms with Gasteiger partial charge in [0.25, 0.3) is 0 Å². The number of likely N-dealkylation sites (tertiary alicyclic amines) is 2. The molecule has 20 heavy (non-hydrogen) atoms. The second-order valence-electron chi connectivity index (χ2n) is 6.20. The first kappa shape index (κ1) is 15.1. The predicted octanol–water partition coefficient (Wildman–Crippen LogP) is 0.927. The van der Waals surface area contributed by atoms with Crippen molar-refractivity contribution >= 4 is 12.0 Å². The van der Waals surface area contributed by atoms with Gasteiger partial charge in [-0.25, -0.2) is 4.79 Å². The van der Waals surface area contributed by atoms with Gasteiger partial charge in [-0.2, -0.15) is 0 Å². The van der Waals surface area contributed by atoms with Gasteiger partial charge in [0.1, 0.15) is 0 Å². The van der Waals surface area contributed by atoms with Gasteiger partial charge in [0, 0.05) is 31.7 Å². The Labute approximate surface area is 120 Å². The molecule has 2 rings (SSSR count). The first-order chi connectivity index (χ1) is 9.41. The van der Waals surface area contributed by atoms with Gasteiger partial charge in [-0.15, -0.1) is 0 Å². The van der Waals surface area contributed by atoms with Gasteiger partial charge in [0.05, 0.1) is 5.92 Å². The molecule has 3 unspecified atom stereocenters. The molecule has 2 amide bonds. The molecule has 2 aliphatic heterocycles. The van der Waals surface area contributed by atoms with Crippen LogP contribution in [0.2, 0.25) is 0 Å². The van der Waals surface area contributed by atoms with Crippen LogP contribution in [0.25, 0.3) is 0 Å². The molecule has 1 N–H and O–H groups in total. The van der Waals surface area contributed by atoms with Crippen molar-refractivity contribution in [3.8, 4) is 0 Å². The topological polar surface area (TPSA) is 64.1 Å². The number of nitrogens with zero attached hydrogens (tertiary/aromatic N) is 3. The molecule has 2 saturated heterocycles. The van der Waals surface area contributed by atoms with E-state index in [0.29, 0.717) is 13.0 Å². The molecule has 0 aromatic heterocycles. The Morgan fingerprint density at radius 2 is 1.90 bits per heavy atom. The van der Waals surface area contributed by atoms with E-state index in [2.05, 4.69) is 4.90 Å². The Bertz CT molecular complexity index is 386. The fourth-order valence-corrected chi connectivity index (χ4v) is 3.40. The van der Waals surface area contributed by atoms with E-state index in [0.717, 1.165) is 25.9 Å². The van der Waals surface area contributed by atoms with Crippen LogP contribution < -0.4 is 0 Å². The predicted molar refractivity (Wildman–Crippen MR) is 75.6 cm³/mol. The Hall–Kier alpha value is -1.30. The normalized spacial score (nSPS) is 30.3. The number of carboxylic acids is 1. The highest BCUT2D eigenvalue weighted by molar-refractivity contribution is 5.78. The second-order valence-corrected chi connectivity index (χ2v) is 6.20. The van der Waals surface area contributed by atoms with Crippen LogP contribution in [0.3, 0.4) is 0 Å². The van der Waals surface area contributed by atoms with Crippen LogP contribution in [0.5, 0.6) is 0 Å². The molecule has 2 aliphatic rings. The van der Waals surface area contributed by atoms with Crippen molar-refractivity contribution in [2.24, 2.45) is 5.92 Å². The van der Waals surface area contributed by atoms with Gasteiger partial charge in [0.15, 0.2) is 0 Å². The maximum Gasteiger partial charge on any atom is 0.320 e. The largest absolute Gasteiger partial charge is 0.481 e. The Morgan fingerprint density at radius 3 is 2.45 bits per heavy atom. The van der Waals surface area contributed by atoms with Crippen LogP contribution in [0.15, 0.2) is 0 Å². The van der Waals surface area contributed by atoms with E-state index in [-0.39, 0.29) is 18.1 Å². The number of urea groups is 1. The molecule has 0 aromatic rings. The first-order valence-electron chi connectivity index (χ1n) is 7.36. The van der Waals surface area contributed by atoms with Crippen LogP contribution in [0.1, 0.15) is 26.2 Å². The highest BCUT2D eigenvalue weighted by Gasteiger charge is 2.41. The smallest absolute Gasteiger partial charge is 0.320 e. The maximum atomic E-state index is 12.7. The lowest BCUT2D eigenvalue weighted by atomic mass is 10.0. The maximum absolute atomic E-state index is 12.7. The molecule has 0 bridgehead atoms. The lowest BCUT2D eigenvalue weighted by Crippen LogP contribution is -2.50. The molecular weight excluding hydrogens is 258 g/mol. The minimum atomic E-state index is -0.793. The molecule has 3 atom stereocenters. The van der Waals surface area contributed by atoms with Crippen LogP contribution in [-0.4, -0.2) is 77.6 Å². The number of carbonyl (C=O) groups excluding carboxylic acids is 1. The quantitative estimate of drug-likeness (QED) is 0.837. The lowest BCUT2D eigenvalue weighted by molar-refractivity contribution is -0.142. The number of rotatable bonds is 3. The molecule has 2 fully saturated rings. The number of hydrogen-bond donors (Lipinski definition) is 1. The average Bonchev–Trinajstić information content (AvgIpc) is 2.94. The zero-order valence-corrected chi connectivity index (χ0v) is 12.6. The number of carbonyl (C=O) groups is 2. The van der Waals surface area contributed by atoms with Gasteiger partial charge in [0.2, 0.25) is 0 Å². The third-order valence-corrected chi connectivity index (χ3v) is 4.52. The number of carboxylic acid groups (broad SMARTS) is 1. The van der Waals surface area contributed by atoms with E-state index in [1.807, 2.05) is 25.9 Å². The van der Waals surface area contributed by atoms with Crippen molar-refractivity contribution in [2.45, 2.75) is 38.3 Å². The van der Waals surface area contributed by atoms with E-state index < -0.39 is 11.9 Å². The zero-order chi connectivity index (χ0) is 14.9. The molecule has 0 saturated carbocycles. The van der Waals surface area contributed by atoms with E-state index in [1.54, 1.807) is 4.90 Å². The fourth-order valence-electron chi connectivity index (χ4n) is 3.40. The molecule has 0 spiro atoms. The van der Waals surface area contributed by atoms with Crippen molar-refractivity contribution in [3.63, 3.8) is 0 Å². The summed E-state index contributed by atoms with van der Waals surface area (Å²) < 4.78 is 0. The van der Waals surface area contributed by atoms with Crippen molar-refractivity contribution in [3.05, 3.63) is 0 Å². The average molecular weight is 283 g/mol. The Balaban J connectivity index is 2.02. The lowest BCUT2D eigenvalue weighted by Gasteiger charge is -2.33. The van der Waals surface area contributed by atoms with Gasteiger partial charge < -0.3 is 19.8 Å². The number of hydrogen-bond acceptors (Lipinski definition) is 3. The summed E-state index contributed by atoms with van der Waals surface area (Å²) in [5.41, 5.74) is 0. The molecule has 0 aliphatic carbocycles. The standard InChI is InChI=1S/C14H25N3O3/c1-10-12(13(18)19)6-8-16(10)14(20)17-7-4-5-11(17)9-15(2)3/h10-12H,4-9H2,1-3H3,(H,18,19). The van der Waals surface area contributed by atoms with Crippen LogP contribution in [0, 0.1) is 5.92 Å². The summed E-state index contributed by atoms with van der Waals surface area (Å²) in [4.78, 5) is 29.6. The van der Waals surface area contributed by atoms with Gasteiger partial charge >= 0.3 is 12.0 Å². The molecule has 6 nitrogen and oxygen atoms in total. The third kappa shape index (κ3) is 2.90. The summed E-state index contributed by atoms with van der Waals surface area (Å²) in [6, 6.07) is 0.0692. The summed E-state index contributed by atoms with van der Waals surface area (Å²) >= 11 is 0. The van der Waals surface area contributed by atoms with Crippen LogP contribution in [-0.2, 0) is 4.79 Å². The van der Waals surface area contributed by atoms with E-state index in [4.69, 9.17) is 5.11 Å². The summed E-state index contributed by atoms with van der Waals surface area (Å²) in [7, 11) is 4.03. The number of amides is 2. The summed E-state index contributed by atoms with van der Waals surface area (Å²) in [6.07, 6.45) is 2.64. The van der Waals surface area contributed by atoms with Crippen LogP contribution in [0.4, 0.5) is 4.79 Å². The van der Waals surface area contributed by atoms with Crippen molar-refractivity contribution in [1.29, 1.82) is 0 Å². The molecule has 0 radical (unpaired) electrons. The summed E-state index contributed by atoms with van der Waals surface area (Å²) in [5, 5.41) is 9.16. The Morgan fingerprint density at radius 1 is 1.20 bits per heavy atom. The minimum absolute atomic E-state index is 0.0191. The molecule has 6 heteroatoms. The van der Waals surface area contributed by atoms with E-state index in [9.17, 15) is 9.59 Å². The van der Waals surface area contributed by atoms with Gasteiger partial charge in [-0.05, 0) is 40.3 Å². The minimum Gasteiger partial charge on any atom is -0.481 e. The van der Waals surface area contributed by atoms with Gasteiger partial charge in [-0.3, -0.25) is 4.79 Å². The molecule has 0 aromatic carbocycles. The molecule has 2 heterocycles. The van der Waals surface area contributed by atoms with Crippen molar-refractivity contribution < 1.29 is 14.7 Å². The molecular formula is C14H25N3O3. The van der Waals surface area contributed by atoms with Gasteiger partial charge in [-0.1, -0.05) is 0 Å². The molecule has 114 valence electrons. The number of aliphatic carboxylic acids is 1. The van der Waals surface area contributed by atoms with Crippen molar-refractivity contribution in [2.75, 3.05) is 33.7 Å². The highest BCUT2D eigenvalue weighted by atomic mass is 16.4. The SMILES string of the molecule is CC1C(C(=O)O)CCN1C(=O)N1CCCC1CN(C)C. The van der Waals surface area contributed by atoms with Crippen molar-refractivity contribution in [1.82, 2.24) is 14.7 Å². The first-order valence-corrected chi connectivity index (χ1v) is 7.36. The zero-order valence-electron chi connectivity index (χ0n) is 12.6. The van der Waals surface area contributed by atoms with E-state index >= 15 is 0 Å². The highest BCUT2D eigenvalue weighted by Crippen LogP contribution is 2.28. The second kappa shape index (κ2) is 5.99.